The number of carbonyl (C=O) groups is 1. The molecule has 6 rings (SSSR count). The third-order valence-electron chi connectivity index (χ3n) is 8.03. The quantitative estimate of drug-likeness (QED) is 0.262. The number of fused-ring (bicyclic) bond motifs is 2. The summed E-state index contributed by atoms with van der Waals surface area (Å²) < 4.78 is 14.3. The first-order valence-electron chi connectivity index (χ1n) is 13.9. The summed E-state index contributed by atoms with van der Waals surface area (Å²) in [5.74, 6) is -0.108. The molecule has 3 aromatic carbocycles. The lowest BCUT2D eigenvalue weighted by Crippen LogP contribution is -2.33. The fourth-order valence-electron chi connectivity index (χ4n) is 6.29. The van der Waals surface area contributed by atoms with Crippen LogP contribution in [-0.2, 0) is 17.7 Å². The summed E-state index contributed by atoms with van der Waals surface area (Å²) in [4.78, 5) is 12.8. The van der Waals surface area contributed by atoms with E-state index in [1.165, 1.54) is 0 Å². The Kier molecular flexibility index (Phi) is 7.45. The highest BCUT2D eigenvalue weighted by Crippen LogP contribution is 2.38. The molecule has 1 unspecified atom stereocenters. The Bertz CT molecular complexity index is 1630. The number of ether oxygens (including phenoxy) is 2. The molecule has 0 saturated carbocycles. The minimum atomic E-state index is -0.892. The van der Waals surface area contributed by atoms with Gasteiger partial charge in [0.05, 0.1) is 30.5 Å². The molecule has 2 aliphatic heterocycles. The van der Waals surface area contributed by atoms with Crippen LogP contribution >= 0.6 is 11.6 Å². The number of aryl methyl sites for hydroxylation is 2. The molecule has 1 atom stereocenters. The number of nitrogens with one attached hydrogen (secondary N) is 1. The van der Waals surface area contributed by atoms with E-state index in [0.717, 1.165) is 62.7 Å². The Morgan fingerprint density at radius 2 is 1.88 bits per heavy atom. The van der Waals surface area contributed by atoms with Crippen LogP contribution in [-0.4, -0.2) is 53.6 Å². The summed E-state index contributed by atoms with van der Waals surface area (Å²) in [6, 6.07) is 18.0. The minimum Gasteiger partial charge on any atom is -0.493 e. The molecule has 4 aromatic rings. The molecule has 0 bridgehead atoms. The van der Waals surface area contributed by atoms with Crippen molar-refractivity contribution in [1.82, 2.24) is 15.0 Å². The summed E-state index contributed by atoms with van der Waals surface area (Å²) in [7, 11) is 2.01. The second kappa shape index (κ2) is 11.2. The Balaban J connectivity index is 1.37. The first-order chi connectivity index (χ1) is 19.5. The van der Waals surface area contributed by atoms with Crippen LogP contribution < -0.4 is 10.2 Å². The fourth-order valence-corrected chi connectivity index (χ4v) is 6.53. The number of likely N-dealkylation sites (N-methyl/N-ethyl adjacent to an activating group) is 1. The van der Waals surface area contributed by atoms with E-state index in [2.05, 4.69) is 24.5 Å². The van der Waals surface area contributed by atoms with Crippen molar-refractivity contribution in [2.45, 2.75) is 45.2 Å². The van der Waals surface area contributed by atoms with Crippen LogP contribution in [0.2, 0.25) is 5.02 Å². The average Bonchev–Trinajstić information content (AvgIpc) is 3.40. The lowest BCUT2D eigenvalue weighted by atomic mass is 9.95. The van der Waals surface area contributed by atoms with Crippen molar-refractivity contribution in [3.05, 3.63) is 82.1 Å². The first kappa shape index (κ1) is 26.7. The second-order valence-corrected chi connectivity index (χ2v) is 11.0. The number of aromatic carboxylic acids is 1. The van der Waals surface area contributed by atoms with Crippen molar-refractivity contribution in [2.24, 2.45) is 0 Å². The number of benzene rings is 3. The van der Waals surface area contributed by atoms with Gasteiger partial charge in [-0.05, 0) is 50.3 Å². The number of hydrazine groups is 1. The highest BCUT2D eigenvalue weighted by atomic mass is 35.5. The molecule has 7 nitrogen and oxygen atoms in total. The Hall–Kier alpha value is -3.52. The molecule has 2 N–H and O–H groups in total. The maximum atomic E-state index is 12.8. The van der Waals surface area contributed by atoms with E-state index in [9.17, 15) is 9.90 Å². The van der Waals surface area contributed by atoms with E-state index in [0.29, 0.717) is 49.9 Å². The van der Waals surface area contributed by atoms with E-state index in [1.54, 1.807) is 0 Å². The number of nitrogens with zero attached hydrogens (tertiary/aromatic N) is 2. The number of aromatic nitrogens is 1. The molecular formula is C32H34ClN3O4. The van der Waals surface area contributed by atoms with Crippen LogP contribution in [0.3, 0.4) is 0 Å². The van der Waals surface area contributed by atoms with E-state index < -0.39 is 5.97 Å². The van der Waals surface area contributed by atoms with Gasteiger partial charge in [-0.1, -0.05) is 54.1 Å². The summed E-state index contributed by atoms with van der Waals surface area (Å²) in [6.45, 7) is 4.41. The van der Waals surface area contributed by atoms with Crippen molar-refractivity contribution in [3.63, 3.8) is 0 Å². The minimum absolute atomic E-state index is 0.0811. The highest BCUT2D eigenvalue weighted by Gasteiger charge is 2.31. The van der Waals surface area contributed by atoms with Crippen molar-refractivity contribution in [1.29, 1.82) is 0 Å². The molecule has 0 spiro atoms. The number of hydrogen-bond acceptors (Lipinski definition) is 5. The van der Waals surface area contributed by atoms with Gasteiger partial charge in [0.1, 0.15) is 11.4 Å². The average molecular weight is 560 g/mol. The molecule has 2 aliphatic rings. The summed E-state index contributed by atoms with van der Waals surface area (Å²) in [6.07, 6.45) is 3.00. The number of para-hydroxylation sites is 1. The third-order valence-corrected chi connectivity index (χ3v) is 8.36. The molecule has 0 radical (unpaired) electrons. The molecule has 0 fully saturated rings. The van der Waals surface area contributed by atoms with Gasteiger partial charge in [0.15, 0.2) is 0 Å². The summed E-state index contributed by atoms with van der Waals surface area (Å²) >= 11 is 6.38. The van der Waals surface area contributed by atoms with Crippen molar-refractivity contribution in [3.8, 4) is 5.75 Å². The molecule has 0 aliphatic carbocycles. The van der Waals surface area contributed by atoms with Crippen LogP contribution in [0.15, 0.2) is 60.3 Å². The normalized spacial score (nSPS) is 17.8. The smallest absolute Gasteiger partial charge is 0.352 e. The summed E-state index contributed by atoms with van der Waals surface area (Å²) in [5, 5.41) is 16.1. The molecule has 8 heteroatoms. The maximum Gasteiger partial charge on any atom is 0.352 e. The number of carboxylic acid groups (broad SMARTS) is 1. The predicted molar refractivity (Wildman–Crippen MR) is 159 cm³/mol. The fraction of sp³-hybridized carbons (Fsp3) is 0.344. The van der Waals surface area contributed by atoms with Gasteiger partial charge in [0, 0.05) is 52.5 Å². The van der Waals surface area contributed by atoms with E-state index in [1.807, 2.05) is 59.1 Å². The topological polar surface area (TPSA) is 76.0 Å². The zero-order chi connectivity index (χ0) is 27.8. The highest BCUT2D eigenvalue weighted by molar-refractivity contribution is 6.35. The largest absolute Gasteiger partial charge is 0.493 e. The van der Waals surface area contributed by atoms with Crippen LogP contribution in [0.4, 0.5) is 0 Å². The van der Waals surface area contributed by atoms with Gasteiger partial charge < -0.3 is 24.2 Å². The van der Waals surface area contributed by atoms with Gasteiger partial charge in [0.2, 0.25) is 0 Å². The maximum absolute atomic E-state index is 12.8. The molecule has 208 valence electrons. The number of carboxylic acids is 1. The van der Waals surface area contributed by atoms with Crippen LogP contribution in [0.25, 0.3) is 27.2 Å². The third kappa shape index (κ3) is 4.72. The second-order valence-electron chi connectivity index (χ2n) is 10.6. The van der Waals surface area contributed by atoms with Crippen molar-refractivity contribution >= 4 is 44.8 Å². The van der Waals surface area contributed by atoms with Gasteiger partial charge >= 0.3 is 5.97 Å². The van der Waals surface area contributed by atoms with E-state index in [-0.39, 0.29) is 6.04 Å². The zero-order valence-electron chi connectivity index (χ0n) is 22.9. The Morgan fingerprint density at radius 3 is 2.73 bits per heavy atom. The van der Waals surface area contributed by atoms with Gasteiger partial charge in [-0.15, -0.1) is 0 Å². The van der Waals surface area contributed by atoms with Crippen LogP contribution in [0, 0.1) is 0 Å². The monoisotopic (exact) mass is 559 g/mol. The number of halogens is 1. The SMILES string of the molecule is CC1NN(C)C2=C1c1cccc3c(CCCOc4cccc5c(Cl)cccc45)c(C(=O)O)n(c13)CCCCOC2. The van der Waals surface area contributed by atoms with Gasteiger partial charge in [-0.25, -0.2) is 10.2 Å². The standard InChI is InChI=1S/C32H34ClN3O4/c1-20-29-25-12-5-11-23-24(13-8-18-40-28-15-7-9-21-22(28)10-6-14-26(21)33)31(32(37)38)36(30(23)25)16-3-4-17-39-19-27(29)35(2)34-20/h5-7,9-12,14-15,20,34H,3-4,8,13,16-19H2,1-2H3,(H,37,38). The first-order valence-corrected chi connectivity index (χ1v) is 14.3. The van der Waals surface area contributed by atoms with E-state index in [4.69, 9.17) is 21.1 Å². The zero-order valence-corrected chi connectivity index (χ0v) is 23.6. The molecule has 3 heterocycles. The van der Waals surface area contributed by atoms with Crippen LogP contribution in [0.5, 0.6) is 5.75 Å². The van der Waals surface area contributed by atoms with Gasteiger partial charge in [-0.3, -0.25) is 0 Å². The van der Waals surface area contributed by atoms with Gasteiger partial charge in [-0.2, -0.15) is 0 Å². The van der Waals surface area contributed by atoms with Crippen molar-refractivity contribution in [2.75, 3.05) is 26.9 Å². The van der Waals surface area contributed by atoms with Crippen molar-refractivity contribution < 1.29 is 19.4 Å². The predicted octanol–water partition coefficient (Wildman–Crippen LogP) is 6.52. The molecular weight excluding hydrogens is 526 g/mol. The number of hydrogen-bond donors (Lipinski definition) is 2. The molecule has 0 saturated heterocycles. The lowest BCUT2D eigenvalue weighted by molar-refractivity contribution is 0.0683. The Morgan fingerprint density at radius 1 is 1.10 bits per heavy atom. The van der Waals surface area contributed by atoms with Crippen LogP contribution in [0.1, 0.15) is 47.8 Å². The molecule has 1 aromatic heterocycles. The molecule has 40 heavy (non-hydrogen) atoms. The van der Waals surface area contributed by atoms with E-state index >= 15 is 0 Å². The summed E-state index contributed by atoms with van der Waals surface area (Å²) in [5.41, 5.74) is 9.07. The lowest BCUT2D eigenvalue weighted by Gasteiger charge is -2.17. The van der Waals surface area contributed by atoms with Gasteiger partial charge in [0.25, 0.3) is 0 Å². The number of rotatable bonds is 6. The Labute approximate surface area is 238 Å². The molecule has 0 amide bonds.